The van der Waals surface area contributed by atoms with Gasteiger partial charge in [0.15, 0.2) is 0 Å². The molecule has 2 saturated carbocycles. The normalized spacial score (nSPS) is 23.4. The molecule has 2 fully saturated rings. The molecule has 2 aliphatic rings. The molecule has 1 atom stereocenters. The monoisotopic (exact) mass is 371 g/mol. The second-order valence-corrected chi connectivity index (χ2v) is 8.44. The Hall–Kier alpha value is -2.64. The van der Waals surface area contributed by atoms with Gasteiger partial charge in [-0.05, 0) is 85.6 Å². The number of nitriles is 1. The molecular formula is C24H25N3O. The molecule has 3 aromatic rings. The number of aliphatic hydroxyl groups is 1. The SMILES string of the molecule is N#Cc1ccc([C@H]2CC[C@H]([C@@H](O)c3c(C4CC4)ccn4cncc34)CC2)cc1. The lowest BCUT2D eigenvalue weighted by Gasteiger charge is -2.33. The Bertz CT molecular complexity index is 1020. The molecule has 1 N–H and O–H groups in total. The quantitative estimate of drug-likeness (QED) is 0.695. The van der Waals surface area contributed by atoms with Crippen LogP contribution in [0.5, 0.6) is 0 Å². The van der Waals surface area contributed by atoms with E-state index in [-0.39, 0.29) is 0 Å². The van der Waals surface area contributed by atoms with E-state index in [1.807, 2.05) is 29.1 Å². The molecule has 0 aliphatic heterocycles. The Morgan fingerprint density at radius 1 is 1.00 bits per heavy atom. The fourth-order valence-corrected chi connectivity index (χ4v) is 4.94. The van der Waals surface area contributed by atoms with E-state index >= 15 is 0 Å². The van der Waals surface area contributed by atoms with Crippen LogP contribution in [0, 0.1) is 17.2 Å². The number of rotatable bonds is 4. The summed E-state index contributed by atoms with van der Waals surface area (Å²) in [5.74, 6) is 1.44. The lowest BCUT2D eigenvalue weighted by Crippen LogP contribution is -2.21. The summed E-state index contributed by atoms with van der Waals surface area (Å²) >= 11 is 0. The number of nitrogens with zero attached hydrogens (tertiary/aromatic N) is 3. The van der Waals surface area contributed by atoms with Crippen molar-refractivity contribution in [1.29, 1.82) is 5.26 Å². The zero-order valence-corrected chi connectivity index (χ0v) is 16.0. The summed E-state index contributed by atoms with van der Waals surface area (Å²) in [4.78, 5) is 4.31. The van der Waals surface area contributed by atoms with Gasteiger partial charge in [-0.3, -0.25) is 0 Å². The smallest absolute Gasteiger partial charge is 0.0992 e. The highest BCUT2D eigenvalue weighted by atomic mass is 16.3. The summed E-state index contributed by atoms with van der Waals surface area (Å²) in [6.45, 7) is 0. The Kier molecular flexibility index (Phi) is 4.41. The first-order chi connectivity index (χ1) is 13.7. The van der Waals surface area contributed by atoms with Gasteiger partial charge in [-0.1, -0.05) is 12.1 Å². The molecule has 28 heavy (non-hydrogen) atoms. The highest BCUT2D eigenvalue weighted by Crippen LogP contribution is 2.47. The largest absolute Gasteiger partial charge is 0.388 e. The molecule has 142 valence electrons. The lowest BCUT2D eigenvalue weighted by atomic mass is 9.75. The van der Waals surface area contributed by atoms with Gasteiger partial charge in [-0.15, -0.1) is 0 Å². The van der Waals surface area contributed by atoms with Gasteiger partial charge in [0.25, 0.3) is 0 Å². The maximum Gasteiger partial charge on any atom is 0.0992 e. The Labute approximate surface area is 165 Å². The lowest BCUT2D eigenvalue weighted by molar-refractivity contribution is 0.0810. The zero-order valence-electron chi connectivity index (χ0n) is 16.0. The fourth-order valence-electron chi connectivity index (χ4n) is 4.94. The molecule has 5 rings (SSSR count). The maximum absolute atomic E-state index is 11.4. The third-order valence-corrected chi connectivity index (χ3v) is 6.71. The molecule has 2 heterocycles. The van der Waals surface area contributed by atoms with Crippen molar-refractivity contribution in [2.75, 3.05) is 0 Å². The van der Waals surface area contributed by atoms with Crippen LogP contribution in [0.1, 0.15) is 78.7 Å². The van der Waals surface area contributed by atoms with Gasteiger partial charge in [-0.2, -0.15) is 5.26 Å². The minimum atomic E-state index is -0.419. The van der Waals surface area contributed by atoms with Gasteiger partial charge in [0, 0.05) is 11.8 Å². The van der Waals surface area contributed by atoms with E-state index < -0.39 is 6.10 Å². The Morgan fingerprint density at radius 3 is 2.39 bits per heavy atom. The second kappa shape index (κ2) is 7.07. The van der Waals surface area contributed by atoms with Gasteiger partial charge in [-0.25, -0.2) is 4.98 Å². The number of fused-ring (bicyclic) bond motifs is 1. The van der Waals surface area contributed by atoms with E-state index in [1.165, 1.54) is 24.0 Å². The van der Waals surface area contributed by atoms with Crippen LogP contribution in [0.4, 0.5) is 0 Å². The third-order valence-electron chi connectivity index (χ3n) is 6.71. The van der Waals surface area contributed by atoms with Crippen LogP contribution < -0.4 is 0 Å². The summed E-state index contributed by atoms with van der Waals surface area (Å²) in [6, 6.07) is 12.4. The molecule has 2 aromatic heterocycles. The summed E-state index contributed by atoms with van der Waals surface area (Å²) in [6.07, 6.45) is 12.1. The van der Waals surface area contributed by atoms with Crippen LogP contribution in [0.15, 0.2) is 49.1 Å². The number of benzene rings is 1. The number of imidazole rings is 1. The number of hydrogen-bond acceptors (Lipinski definition) is 3. The molecular weight excluding hydrogens is 346 g/mol. The van der Waals surface area contributed by atoms with Crippen LogP contribution in [-0.2, 0) is 0 Å². The Morgan fingerprint density at radius 2 is 1.71 bits per heavy atom. The highest BCUT2D eigenvalue weighted by Gasteiger charge is 2.34. The summed E-state index contributed by atoms with van der Waals surface area (Å²) in [7, 11) is 0. The molecule has 0 spiro atoms. The van der Waals surface area contributed by atoms with Crippen molar-refractivity contribution in [3.05, 3.63) is 71.3 Å². The minimum Gasteiger partial charge on any atom is -0.388 e. The van der Waals surface area contributed by atoms with E-state index in [9.17, 15) is 5.11 Å². The van der Waals surface area contributed by atoms with Crippen molar-refractivity contribution < 1.29 is 5.11 Å². The maximum atomic E-state index is 11.4. The predicted molar refractivity (Wildman–Crippen MR) is 108 cm³/mol. The molecule has 2 aliphatic carbocycles. The minimum absolute atomic E-state index is 0.299. The van der Waals surface area contributed by atoms with Crippen LogP contribution >= 0.6 is 0 Å². The van der Waals surface area contributed by atoms with Gasteiger partial charge >= 0.3 is 0 Å². The van der Waals surface area contributed by atoms with Crippen LogP contribution in [-0.4, -0.2) is 14.5 Å². The molecule has 0 unspecified atom stereocenters. The third kappa shape index (κ3) is 3.10. The topological polar surface area (TPSA) is 61.3 Å². The second-order valence-electron chi connectivity index (χ2n) is 8.44. The summed E-state index contributed by atoms with van der Waals surface area (Å²) in [5.41, 5.74) is 5.54. The molecule has 0 radical (unpaired) electrons. The standard InChI is InChI=1S/C24H25N3O/c25-13-16-1-3-17(4-2-16)18-5-9-20(10-6-18)24(28)23-21(19-7-8-19)11-12-27-15-26-14-22(23)27/h1-4,11-12,14-15,18-20,24,28H,5-10H2/t18-,20-,24-/m1/s1. The fraction of sp³-hybridized carbons (Fsp3) is 0.417. The van der Waals surface area contributed by atoms with E-state index in [1.54, 1.807) is 0 Å². The van der Waals surface area contributed by atoms with Crippen LogP contribution in [0.25, 0.3) is 5.52 Å². The average Bonchev–Trinajstić information content (AvgIpc) is 3.49. The van der Waals surface area contributed by atoms with Crippen molar-refractivity contribution in [2.24, 2.45) is 5.92 Å². The predicted octanol–water partition coefficient (Wildman–Crippen LogP) is 5.09. The van der Waals surface area contributed by atoms with E-state index in [2.05, 4.69) is 35.4 Å². The van der Waals surface area contributed by atoms with Crippen molar-refractivity contribution in [2.45, 2.75) is 56.5 Å². The number of aromatic nitrogens is 2. The van der Waals surface area contributed by atoms with Crippen molar-refractivity contribution in [1.82, 2.24) is 9.38 Å². The van der Waals surface area contributed by atoms with E-state index in [0.717, 1.165) is 42.3 Å². The molecule has 1 aromatic carbocycles. The summed E-state index contributed by atoms with van der Waals surface area (Å²) in [5, 5.41) is 20.4. The first kappa shape index (κ1) is 17.5. The average molecular weight is 371 g/mol. The van der Waals surface area contributed by atoms with Gasteiger partial charge in [0.05, 0.1) is 35.8 Å². The first-order valence-corrected chi connectivity index (χ1v) is 10.4. The molecule has 0 amide bonds. The van der Waals surface area contributed by atoms with Crippen LogP contribution in [0.2, 0.25) is 0 Å². The summed E-state index contributed by atoms with van der Waals surface area (Å²) < 4.78 is 2.03. The molecule has 0 saturated heterocycles. The number of aliphatic hydroxyl groups excluding tert-OH is 1. The van der Waals surface area contributed by atoms with E-state index in [0.29, 0.717) is 17.8 Å². The van der Waals surface area contributed by atoms with Gasteiger partial charge in [0.1, 0.15) is 0 Å². The van der Waals surface area contributed by atoms with Gasteiger partial charge in [0.2, 0.25) is 0 Å². The molecule has 0 bridgehead atoms. The first-order valence-electron chi connectivity index (χ1n) is 10.4. The van der Waals surface area contributed by atoms with Crippen molar-refractivity contribution in [3.8, 4) is 6.07 Å². The van der Waals surface area contributed by atoms with Crippen LogP contribution in [0.3, 0.4) is 0 Å². The van der Waals surface area contributed by atoms with Crippen molar-refractivity contribution >= 4 is 5.52 Å². The number of hydrogen-bond donors (Lipinski definition) is 1. The number of pyridine rings is 1. The zero-order chi connectivity index (χ0) is 19.1. The van der Waals surface area contributed by atoms with Gasteiger partial charge < -0.3 is 9.51 Å². The molecule has 4 nitrogen and oxygen atoms in total. The highest BCUT2D eigenvalue weighted by molar-refractivity contribution is 5.59. The molecule has 4 heteroatoms. The van der Waals surface area contributed by atoms with E-state index in [4.69, 9.17) is 5.26 Å². The Balaban J connectivity index is 1.35. The van der Waals surface area contributed by atoms with Crippen molar-refractivity contribution in [3.63, 3.8) is 0 Å².